The lowest BCUT2D eigenvalue weighted by Gasteiger charge is -1.96. The van der Waals surface area contributed by atoms with E-state index in [1.54, 1.807) is 6.07 Å². The number of nitrogens with zero attached hydrogens (tertiary/aromatic N) is 1. The number of halogens is 2. The van der Waals surface area contributed by atoms with Crippen LogP contribution in [0.15, 0.2) is 23.0 Å². The molecule has 2 aromatic rings. The van der Waals surface area contributed by atoms with E-state index in [9.17, 15) is 9.18 Å². The van der Waals surface area contributed by atoms with Gasteiger partial charge in [-0.15, -0.1) is 0 Å². The number of hydrogen-bond donors (Lipinski definition) is 1. The first-order valence-corrected chi connectivity index (χ1v) is 4.86. The lowest BCUT2D eigenvalue weighted by molar-refractivity contribution is 0.628. The van der Waals surface area contributed by atoms with Gasteiger partial charge in [-0.2, -0.15) is 5.10 Å². The molecule has 6 heteroatoms. The third-order valence-corrected chi connectivity index (χ3v) is 2.56. The normalized spacial score (nSPS) is 10.4. The van der Waals surface area contributed by atoms with Gasteiger partial charge in [-0.3, -0.25) is 4.79 Å². The zero-order valence-corrected chi connectivity index (χ0v) is 8.32. The quantitative estimate of drug-likeness (QED) is 0.817. The van der Waals surface area contributed by atoms with Crippen LogP contribution in [0.1, 0.15) is 0 Å². The van der Waals surface area contributed by atoms with Gasteiger partial charge in [0, 0.05) is 10.6 Å². The SMILES string of the molecule is O=c1[nH]nc(-c2cc(F)cc(Cl)c2)s1. The summed E-state index contributed by atoms with van der Waals surface area (Å²) in [7, 11) is 0. The van der Waals surface area contributed by atoms with Crippen molar-refractivity contribution in [3.63, 3.8) is 0 Å². The maximum absolute atomic E-state index is 12.9. The fraction of sp³-hybridized carbons (Fsp3) is 0. The lowest BCUT2D eigenvalue weighted by atomic mass is 10.2. The first kappa shape index (κ1) is 9.36. The fourth-order valence-electron chi connectivity index (χ4n) is 1.03. The molecule has 0 amide bonds. The number of aromatic amines is 1. The van der Waals surface area contributed by atoms with E-state index in [1.807, 2.05) is 0 Å². The molecule has 1 heterocycles. The van der Waals surface area contributed by atoms with Crippen LogP contribution in [-0.2, 0) is 0 Å². The van der Waals surface area contributed by atoms with E-state index in [0.29, 0.717) is 10.6 Å². The summed E-state index contributed by atoms with van der Waals surface area (Å²) in [5, 5.41) is 6.68. The highest BCUT2D eigenvalue weighted by molar-refractivity contribution is 7.12. The maximum atomic E-state index is 12.9. The third kappa shape index (κ3) is 1.83. The molecule has 2 rings (SSSR count). The molecule has 0 saturated carbocycles. The molecule has 72 valence electrons. The second kappa shape index (κ2) is 3.51. The average Bonchev–Trinajstić information content (AvgIpc) is 2.50. The second-order valence-electron chi connectivity index (χ2n) is 2.58. The van der Waals surface area contributed by atoms with Crippen molar-refractivity contribution < 1.29 is 4.39 Å². The van der Waals surface area contributed by atoms with Crippen molar-refractivity contribution in [2.24, 2.45) is 0 Å². The second-order valence-corrected chi connectivity index (χ2v) is 3.97. The summed E-state index contributed by atoms with van der Waals surface area (Å²) < 4.78 is 12.9. The van der Waals surface area contributed by atoms with Crippen molar-refractivity contribution in [1.29, 1.82) is 0 Å². The van der Waals surface area contributed by atoms with Crippen molar-refractivity contribution in [3.05, 3.63) is 38.7 Å². The molecule has 0 aliphatic carbocycles. The van der Waals surface area contributed by atoms with Gasteiger partial charge in [0.05, 0.1) is 0 Å². The third-order valence-electron chi connectivity index (χ3n) is 1.55. The van der Waals surface area contributed by atoms with Crippen LogP contribution in [0, 0.1) is 5.82 Å². The van der Waals surface area contributed by atoms with Crippen molar-refractivity contribution in [3.8, 4) is 10.6 Å². The first-order valence-electron chi connectivity index (χ1n) is 3.67. The highest BCUT2D eigenvalue weighted by atomic mass is 35.5. The van der Waals surface area contributed by atoms with Gasteiger partial charge in [0.15, 0.2) is 0 Å². The Morgan fingerprint density at radius 2 is 2.21 bits per heavy atom. The van der Waals surface area contributed by atoms with Gasteiger partial charge >= 0.3 is 4.87 Å². The van der Waals surface area contributed by atoms with Crippen LogP contribution in [0.4, 0.5) is 4.39 Å². The van der Waals surface area contributed by atoms with Gasteiger partial charge in [0.2, 0.25) is 0 Å². The van der Waals surface area contributed by atoms with Crippen LogP contribution in [0.25, 0.3) is 10.6 Å². The van der Waals surface area contributed by atoms with Gasteiger partial charge in [-0.1, -0.05) is 22.9 Å². The minimum atomic E-state index is -0.449. The molecule has 0 spiro atoms. The molecule has 14 heavy (non-hydrogen) atoms. The lowest BCUT2D eigenvalue weighted by Crippen LogP contribution is -1.90. The molecule has 0 aliphatic rings. The standard InChI is InChI=1S/C8H4ClFN2OS/c9-5-1-4(2-6(10)3-5)7-11-12-8(13)14-7/h1-3H,(H,12,13). The van der Waals surface area contributed by atoms with Crippen molar-refractivity contribution in [2.45, 2.75) is 0 Å². The van der Waals surface area contributed by atoms with E-state index in [1.165, 1.54) is 12.1 Å². The number of aromatic nitrogens is 2. The van der Waals surface area contributed by atoms with Crippen LogP contribution in [-0.4, -0.2) is 10.2 Å². The molecular formula is C8H4ClFN2OS. The maximum Gasteiger partial charge on any atom is 0.322 e. The van der Waals surface area contributed by atoms with Gasteiger partial charge in [-0.05, 0) is 18.2 Å². The summed E-state index contributed by atoms with van der Waals surface area (Å²) in [5.41, 5.74) is 0.498. The number of benzene rings is 1. The zero-order valence-electron chi connectivity index (χ0n) is 6.75. The Kier molecular flexibility index (Phi) is 2.35. The largest absolute Gasteiger partial charge is 0.322 e. The number of hydrogen-bond acceptors (Lipinski definition) is 3. The Morgan fingerprint density at radius 3 is 2.79 bits per heavy atom. The number of nitrogens with one attached hydrogen (secondary N) is 1. The molecule has 3 nitrogen and oxygen atoms in total. The Morgan fingerprint density at radius 1 is 1.43 bits per heavy atom. The van der Waals surface area contributed by atoms with Crippen LogP contribution in [0.5, 0.6) is 0 Å². The monoisotopic (exact) mass is 230 g/mol. The molecule has 0 unspecified atom stereocenters. The number of rotatable bonds is 1. The van der Waals surface area contributed by atoms with Gasteiger partial charge in [0.1, 0.15) is 10.8 Å². The first-order chi connectivity index (χ1) is 6.65. The summed E-state index contributed by atoms with van der Waals surface area (Å²) >= 11 is 6.57. The molecular weight excluding hydrogens is 227 g/mol. The van der Waals surface area contributed by atoms with Crippen LogP contribution >= 0.6 is 22.9 Å². The average molecular weight is 231 g/mol. The molecule has 1 N–H and O–H groups in total. The summed E-state index contributed by atoms with van der Waals surface area (Å²) in [5.74, 6) is -0.449. The summed E-state index contributed by atoms with van der Waals surface area (Å²) in [6, 6.07) is 4.02. The van der Waals surface area contributed by atoms with E-state index in [2.05, 4.69) is 10.2 Å². The van der Waals surface area contributed by atoms with Crippen LogP contribution in [0.3, 0.4) is 0 Å². The van der Waals surface area contributed by atoms with E-state index in [4.69, 9.17) is 11.6 Å². The molecule has 0 fully saturated rings. The topological polar surface area (TPSA) is 45.8 Å². The zero-order chi connectivity index (χ0) is 10.1. The van der Waals surface area contributed by atoms with Crippen LogP contribution < -0.4 is 4.87 Å². The molecule has 0 saturated heterocycles. The Hall–Kier alpha value is -1.20. The highest BCUT2D eigenvalue weighted by Crippen LogP contribution is 2.23. The van der Waals surface area contributed by atoms with Gasteiger partial charge in [0.25, 0.3) is 0 Å². The molecule has 0 atom stereocenters. The molecule has 1 aromatic carbocycles. The van der Waals surface area contributed by atoms with Crippen LogP contribution in [0.2, 0.25) is 5.02 Å². The number of H-pyrrole nitrogens is 1. The van der Waals surface area contributed by atoms with Crippen molar-refractivity contribution in [1.82, 2.24) is 10.2 Å². The minimum absolute atomic E-state index is 0.277. The summed E-state index contributed by atoms with van der Waals surface area (Å²) in [6.07, 6.45) is 0. The Bertz CT molecular complexity index is 502. The fourth-order valence-corrected chi connectivity index (χ4v) is 1.85. The minimum Gasteiger partial charge on any atom is -0.255 e. The molecule has 0 radical (unpaired) electrons. The summed E-state index contributed by atoms with van der Waals surface area (Å²) in [4.78, 5) is 10.5. The smallest absolute Gasteiger partial charge is 0.255 e. The van der Waals surface area contributed by atoms with Gasteiger partial charge in [-0.25, -0.2) is 9.49 Å². The Balaban J connectivity index is 2.56. The van der Waals surface area contributed by atoms with E-state index < -0.39 is 5.82 Å². The van der Waals surface area contributed by atoms with Crippen molar-refractivity contribution >= 4 is 22.9 Å². The predicted molar refractivity (Wildman–Crippen MR) is 53.1 cm³/mol. The highest BCUT2D eigenvalue weighted by Gasteiger charge is 2.05. The Labute approximate surface area is 87.2 Å². The summed E-state index contributed by atoms with van der Waals surface area (Å²) in [6.45, 7) is 0. The molecule has 0 aliphatic heterocycles. The molecule has 1 aromatic heterocycles. The molecule has 0 bridgehead atoms. The van der Waals surface area contributed by atoms with E-state index >= 15 is 0 Å². The predicted octanol–water partition coefficient (Wildman–Crippen LogP) is 2.29. The van der Waals surface area contributed by atoms with Crippen molar-refractivity contribution in [2.75, 3.05) is 0 Å². The van der Waals surface area contributed by atoms with E-state index in [-0.39, 0.29) is 9.90 Å². The van der Waals surface area contributed by atoms with Gasteiger partial charge < -0.3 is 0 Å². The van der Waals surface area contributed by atoms with E-state index in [0.717, 1.165) is 11.3 Å².